The number of carbonyl (C=O) groups is 2. The standard InChI is InChI=1S/C27H29ClFN3O4S/c1-3-25(27(34)30-4-2)31(18-20-10-8-9-13-24(20)28)26(33)19-32(22-11-6-5-7-12-22)37(35,36)23-16-14-21(29)15-17-23/h5-17,25H,3-4,18-19H2,1-2H3,(H,30,34)/t25-/m1/s1. The molecule has 0 heterocycles. The van der Waals surface area contributed by atoms with Crippen LogP contribution in [-0.2, 0) is 26.2 Å². The summed E-state index contributed by atoms with van der Waals surface area (Å²) in [6.07, 6.45) is 0.304. The number of likely N-dealkylation sites (N-methyl/N-ethyl adjacent to an activating group) is 1. The van der Waals surface area contributed by atoms with Gasteiger partial charge in [0.05, 0.1) is 10.6 Å². The Kier molecular flexibility index (Phi) is 9.66. The Balaban J connectivity index is 2.04. The minimum absolute atomic E-state index is 0.00731. The van der Waals surface area contributed by atoms with Crippen molar-refractivity contribution < 1.29 is 22.4 Å². The van der Waals surface area contributed by atoms with Crippen molar-refractivity contribution in [3.63, 3.8) is 0 Å². The van der Waals surface area contributed by atoms with E-state index in [-0.39, 0.29) is 23.0 Å². The van der Waals surface area contributed by atoms with E-state index in [2.05, 4.69) is 5.32 Å². The van der Waals surface area contributed by atoms with Crippen molar-refractivity contribution in [2.24, 2.45) is 0 Å². The molecule has 196 valence electrons. The molecule has 3 rings (SSSR count). The third-order valence-corrected chi connectivity index (χ3v) is 7.92. The molecule has 0 saturated heterocycles. The lowest BCUT2D eigenvalue weighted by Gasteiger charge is -2.33. The van der Waals surface area contributed by atoms with E-state index >= 15 is 0 Å². The molecule has 2 amide bonds. The molecule has 0 aliphatic rings. The van der Waals surface area contributed by atoms with Gasteiger partial charge in [-0.05, 0) is 61.4 Å². The first-order valence-corrected chi connectivity index (χ1v) is 13.6. The van der Waals surface area contributed by atoms with Crippen LogP contribution in [-0.4, -0.2) is 44.3 Å². The lowest BCUT2D eigenvalue weighted by atomic mass is 10.1. The fourth-order valence-electron chi connectivity index (χ4n) is 3.88. The Hall–Kier alpha value is -3.43. The van der Waals surface area contributed by atoms with Gasteiger partial charge in [-0.15, -0.1) is 0 Å². The maximum Gasteiger partial charge on any atom is 0.264 e. The molecule has 0 aliphatic carbocycles. The summed E-state index contributed by atoms with van der Waals surface area (Å²) in [7, 11) is -4.25. The molecule has 0 saturated carbocycles. The van der Waals surface area contributed by atoms with Gasteiger partial charge in [0.2, 0.25) is 11.8 Å². The molecule has 3 aromatic carbocycles. The fraction of sp³-hybridized carbons (Fsp3) is 0.259. The zero-order valence-corrected chi connectivity index (χ0v) is 22.2. The second kappa shape index (κ2) is 12.7. The third kappa shape index (κ3) is 6.87. The van der Waals surface area contributed by atoms with Crippen molar-refractivity contribution in [3.05, 3.63) is 95.3 Å². The molecule has 10 heteroatoms. The Morgan fingerprint density at radius 2 is 1.57 bits per heavy atom. The van der Waals surface area contributed by atoms with Crippen molar-refractivity contribution >= 4 is 39.1 Å². The number of sulfonamides is 1. The Labute approximate surface area is 221 Å². The van der Waals surface area contributed by atoms with Crippen LogP contribution in [0.4, 0.5) is 10.1 Å². The number of nitrogens with zero attached hydrogens (tertiary/aromatic N) is 2. The lowest BCUT2D eigenvalue weighted by Crippen LogP contribution is -2.52. The zero-order chi connectivity index (χ0) is 27.0. The molecule has 0 spiro atoms. The predicted molar refractivity (Wildman–Crippen MR) is 142 cm³/mol. The average molecular weight is 546 g/mol. The average Bonchev–Trinajstić information content (AvgIpc) is 2.89. The van der Waals surface area contributed by atoms with E-state index in [1.807, 2.05) is 0 Å². The Bertz CT molecular complexity index is 1320. The van der Waals surface area contributed by atoms with Crippen molar-refractivity contribution in [3.8, 4) is 0 Å². The highest BCUT2D eigenvalue weighted by molar-refractivity contribution is 7.92. The van der Waals surface area contributed by atoms with Crippen molar-refractivity contribution in [2.75, 3.05) is 17.4 Å². The molecule has 37 heavy (non-hydrogen) atoms. The van der Waals surface area contributed by atoms with Gasteiger partial charge >= 0.3 is 0 Å². The largest absolute Gasteiger partial charge is 0.355 e. The van der Waals surface area contributed by atoms with Gasteiger partial charge in [0.1, 0.15) is 18.4 Å². The molecular weight excluding hydrogens is 517 g/mol. The highest BCUT2D eigenvalue weighted by atomic mass is 35.5. The van der Waals surface area contributed by atoms with Gasteiger partial charge in [-0.25, -0.2) is 12.8 Å². The summed E-state index contributed by atoms with van der Waals surface area (Å²) >= 11 is 6.35. The number of amides is 2. The number of para-hydroxylation sites is 1. The second-order valence-corrected chi connectivity index (χ2v) is 10.5. The zero-order valence-electron chi connectivity index (χ0n) is 20.6. The monoisotopic (exact) mass is 545 g/mol. The van der Waals surface area contributed by atoms with Crippen LogP contribution >= 0.6 is 11.6 Å². The second-order valence-electron chi connectivity index (χ2n) is 8.23. The summed E-state index contributed by atoms with van der Waals surface area (Å²) in [5.74, 6) is -1.52. The number of hydrogen-bond acceptors (Lipinski definition) is 4. The molecule has 0 radical (unpaired) electrons. The molecule has 1 N–H and O–H groups in total. The minimum Gasteiger partial charge on any atom is -0.355 e. The molecule has 0 aliphatic heterocycles. The quantitative estimate of drug-likeness (QED) is 0.381. The van der Waals surface area contributed by atoms with Crippen molar-refractivity contribution in [1.82, 2.24) is 10.2 Å². The minimum atomic E-state index is -4.25. The molecule has 0 aromatic heterocycles. The number of carbonyl (C=O) groups excluding carboxylic acids is 2. The molecule has 0 fully saturated rings. The normalized spacial score (nSPS) is 12.0. The summed E-state index contributed by atoms with van der Waals surface area (Å²) in [4.78, 5) is 27.9. The van der Waals surface area contributed by atoms with Gasteiger partial charge in [-0.3, -0.25) is 13.9 Å². The molecular formula is C27H29ClFN3O4S. The van der Waals surface area contributed by atoms with E-state index < -0.39 is 34.3 Å². The van der Waals surface area contributed by atoms with E-state index in [9.17, 15) is 22.4 Å². The summed E-state index contributed by atoms with van der Waals surface area (Å²) in [5, 5.41) is 3.17. The number of halogens is 2. The van der Waals surface area contributed by atoms with Gasteiger partial charge in [0, 0.05) is 18.1 Å². The first-order chi connectivity index (χ1) is 17.7. The van der Waals surface area contributed by atoms with Gasteiger partial charge in [-0.2, -0.15) is 0 Å². The van der Waals surface area contributed by atoms with Crippen LogP contribution in [0, 0.1) is 5.82 Å². The topological polar surface area (TPSA) is 86.8 Å². The number of rotatable bonds is 11. The first kappa shape index (κ1) is 28.1. The molecule has 3 aromatic rings. The van der Waals surface area contributed by atoms with Crippen LogP contribution in [0.1, 0.15) is 25.8 Å². The molecule has 1 atom stereocenters. The first-order valence-electron chi connectivity index (χ1n) is 11.8. The van der Waals surface area contributed by atoms with Crippen LogP contribution in [0.2, 0.25) is 5.02 Å². The van der Waals surface area contributed by atoms with Crippen molar-refractivity contribution in [2.45, 2.75) is 37.8 Å². The van der Waals surface area contributed by atoms with E-state index in [4.69, 9.17) is 11.6 Å². The van der Waals surface area contributed by atoms with Crippen LogP contribution in [0.5, 0.6) is 0 Å². The molecule has 0 unspecified atom stereocenters. The lowest BCUT2D eigenvalue weighted by molar-refractivity contribution is -0.140. The Morgan fingerprint density at radius 1 is 0.946 bits per heavy atom. The third-order valence-electron chi connectivity index (χ3n) is 5.76. The number of anilines is 1. The summed E-state index contributed by atoms with van der Waals surface area (Å²) < 4.78 is 41.7. The molecule has 7 nitrogen and oxygen atoms in total. The van der Waals surface area contributed by atoms with Gasteiger partial charge in [-0.1, -0.05) is 54.9 Å². The Morgan fingerprint density at radius 3 is 2.16 bits per heavy atom. The fourth-order valence-corrected chi connectivity index (χ4v) is 5.49. The van der Waals surface area contributed by atoms with Crippen LogP contribution in [0.3, 0.4) is 0 Å². The van der Waals surface area contributed by atoms with Gasteiger partial charge in [0.15, 0.2) is 0 Å². The van der Waals surface area contributed by atoms with Crippen LogP contribution in [0.25, 0.3) is 0 Å². The number of hydrogen-bond donors (Lipinski definition) is 1. The maximum atomic E-state index is 13.8. The van der Waals surface area contributed by atoms with Gasteiger partial charge < -0.3 is 10.2 Å². The number of benzene rings is 3. The predicted octanol–water partition coefficient (Wildman–Crippen LogP) is 4.62. The van der Waals surface area contributed by atoms with E-state index in [0.29, 0.717) is 23.6 Å². The van der Waals surface area contributed by atoms with Gasteiger partial charge in [0.25, 0.3) is 10.0 Å². The summed E-state index contributed by atoms with van der Waals surface area (Å²) in [6, 6.07) is 18.6. The van der Waals surface area contributed by atoms with E-state index in [1.54, 1.807) is 68.4 Å². The van der Waals surface area contributed by atoms with E-state index in [1.165, 1.54) is 4.90 Å². The summed E-state index contributed by atoms with van der Waals surface area (Å²) in [6.45, 7) is 3.35. The van der Waals surface area contributed by atoms with Crippen LogP contribution < -0.4 is 9.62 Å². The van der Waals surface area contributed by atoms with Crippen LogP contribution in [0.15, 0.2) is 83.8 Å². The summed E-state index contributed by atoms with van der Waals surface area (Å²) in [5.41, 5.74) is 0.872. The highest BCUT2D eigenvalue weighted by Gasteiger charge is 2.33. The highest BCUT2D eigenvalue weighted by Crippen LogP contribution is 2.25. The van der Waals surface area contributed by atoms with E-state index in [0.717, 1.165) is 28.6 Å². The molecule has 0 bridgehead atoms. The SMILES string of the molecule is CCNC(=O)[C@@H](CC)N(Cc1ccccc1Cl)C(=O)CN(c1ccccc1)S(=O)(=O)c1ccc(F)cc1. The van der Waals surface area contributed by atoms with Crippen molar-refractivity contribution in [1.29, 1.82) is 0 Å². The maximum absolute atomic E-state index is 13.8. The number of nitrogens with one attached hydrogen (secondary N) is 1. The smallest absolute Gasteiger partial charge is 0.264 e.